The largest absolute Gasteiger partial charge is 0.496 e. The highest BCUT2D eigenvalue weighted by atomic mass is 31.0. The van der Waals surface area contributed by atoms with Gasteiger partial charge in [-0.25, -0.2) is 22.0 Å². The lowest BCUT2D eigenvalue weighted by Gasteiger charge is -2.34. The number of halogens is 5. The second-order valence-electron chi connectivity index (χ2n) is 13.6. The first-order valence-corrected chi connectivity index (χ1v) is 18.5. The minimum atomic E-state index is -2.55. The number of carboxylic acids is 1. The highest BCUT2D eigenvalue weighted by Crippen LogP contribution is 2.38. The highest BCUT2D eigenvalue weighted by Gasteiger charge is 2.33. The number of carboxylic acid groups (broad SMARTS) is 1. The monoisotopic (exact) mass is 772 g/mol. The van der Waals surface area contributed by atoms with E-state index in [4.69, 9.17) is 15.6 Å². The van der Waals surface area contributed by atoms with Crippen molar-refractivity contribution < 1.29 is 36.6 Å². The number of nitrogens with zero attached hydrogens (tertiary/aromatic N) is 3. The first kappa shape index (κ1) is 42.5. The smallest absolute Gasteiger partial charge is 0.303 e. The first-order valence-electron chi connectivity index (χ1n) is 17.8. The van der Waals surface area contributed by atoms with E-state index in [-0.39, 0.29) is 30.8 Å². The van der Waals surface area contributed by atoms with Crippen LogP contribution < -0.4 is 15.4 Å². The Kier molecular flexibility index (Phi) is 15.2. The lowest BCUT2D eigenvalue weighted by Crippen LogP contribution is -2.44. The van der Waals surface area contributed by atoms with Gasteiger partial charge in [0.05, 0.1) is 7.11 Å². The number of hydrogen-bond acceptors (Lipinski definition) is 6. The number of carbonyl (C=O) groups is 1. The Bertz CT molecular complexity index is 1870. The highest BCUT2D eigenvalue weighted by molar-refractivity contribution is 7.16. The van der Waals surface area contributed by atoms with Gasteiger partial charge in [-0.1, -0.05) is 58.3 Å². The molecule has 0 spiro atoms. The first-order chi connectivity index (χ1) is 25.6. The molecule has 1 unspecified atom stereocenters. The van der Waals surface area contributed by atoms with Gasteiger partial charge in [-0.2, -0.15) is 0 Å². The van der Waals surface area contributed by atoms with E-state index in [1.54, 1.807) is 13.2 Å². The maximum absolute atomic E-state index is 14.0. The summed E-state index contributed by atoms with van der Waals surface area (Å²) >= 11 is 0. The SMILES string of the molecule is C=C(N)c1c(C)cc(N2CCN(C)CC2)cc1F.COc1ccc(CN2CCC(F)(F)CC2)cc1-c1cccc2c(CCC(=O)O)cccc12.FC(F)P. The van der Waals surface area contributed by atoms with Crippen LogP contribution in [0.2, 0.25) is 0 Å². The number of aliphatic carboxylic acids is 1. The average Bonchev–Trinajstić information content (AvgIpc) is 3.11. The third-order valence-electron chi connectivity index (χ3n) is 9.63. The van der Waals surface area contributed by atoms with Gasteiger partial charge in [0, 0.05) is 87.6 Å². The molecule has 2 aliphatic rings. The molecule has 4 aromatic rings. The number of likely N-dealkylation sites (tertiary alicyclic amines) is 1. The molecule has 0 amide bonds. The number of aryl methyl sites for hydroxylation is 2. The van der Waals surface area contributed by atoms with E-state index < -0.39 is 18.1 Å². The second kappa shape index (κ2) is 19.4. The quantitative estimate of drug-likeness (QED) is 0.130. The summed E-state index contributed by atoms with van der Waals surface area (Å²) in [7, 11) is 5.06. The Labute approximate surface area is 316 Å². The standard InChI is InChI=1S/C26H27F2NO3.C14H20FN3.CH3F2P/c1-32-24-10-8-18(17-29-14-12-26(27,28)13-15-29)16-23(24)22-7-3-5-20-19(9-11-25(30)31)4-2-6-21(20)22;1-10-8-12(9-13(15)14(10)11(2)16)18-6-4-17(3)5-7-18;2-1(3)4/h2-8,10,16H,9,11-15,17H2,1H3,(H,30,31);8-9H,2,4-7,16H2,1,3H3;1H,4H2. The lowest BCUT2D eigenvalue weighted by atomic mass is 9.93. The number of methoxy groups -OCH3 is 1. The number of ether oxygens (including phenoxy) is 1. The molecule has 54 heavy (non-hydrogen) atoms. The number of benzene rings is 4. The number of piperazine rings is 1. The molecule has 1 atom stereocenters. The minimum absolute atomic E-state index is 0.0804. The van der Waals surface area contributed by atoms with Gasteiger partial charge in [-0.05, 0) is 77.7 Å². The normalized spacial score (nSPS) is 15.9. The van der Waals surface area contributed by atoms with Gasteiger partial charge in [0.15, 0.2) is 0 Å². The number of piperidine rings is 1. The molecule has 0 bridgehead atoms. The average molecular weight is 773 g/mol. The van der Waals surface area contributed by atoms with Gasteiger partial charge < -0.3 is 25.4 Å². The van der Waals surface area contributed by atoms with Crippen molar-refractivity contribution in [3.8, 4) is 16.9 Å². The van der Waals surface area contributed by atoms with Crippen molar-refractivity contribution in [2.24, 2.45) is 5.73 Å². The predicted molar refractivity (Wildman–Crippen MR) is 211 cm³/mol. The molecule has 2 fully saturated rings. The molecule has 292 valence electrons. The molecule has 0 radical (unpaired) electrons. The van der Waals surface area contributed by atoms with E-state index in [0.29, 0.717) is 31.6 Å². The Hall–Kier alpha value is -4.25. The zero-order valence-corrected chi connectivity index (χ0v) is 32.2. The molecule has 3 N–H and O–H groups in total. The Balaban J connectivity index is 0.000000248. The molecular weight excluding hydrogens is 722 g/mol. The molecular formula is C41H50F5N4O3P. The molecule has 2 saturated heterocycles. The van der Waals surface area contributed by atoms with Crippen LogP contribution in [0.5, 0.6) is 5.75 Å². The third-order valence-corrected chi connectivity index (χ3v) is 9.63. The lowest BCUT2D eigenvalue weighted by molar-refractivity contribution is -0.136. The van der Waals surface area contributed by atoms with Crippen molar-refractivity contribution in [1.29, 1.82) is 0 Å². The van der Waals surface area contributed by atoms with Crippen molar-refractivity contribution in [3.63, 3.8) is 0 Å². The Morgan fingerprint density at radius 3 is 2.19 bits per heavy atom. The Morgan fingerprint density at radius 2 is 1.59 bits per heavy atom. The summed E-state index contributed by atoms with van der Waals surface area (Å²) in [5.41, 5.74) is 12.1. The number of anilines is 1. The van der Waals surface area contributed by atoms with E-state index in [9.17, 15) is 26.7 Å². The maximum atomic E-state index is 14.0. The number of hydrogen-bond donors (Lipinski definition) is 2. The summed E-state index contributed by atoms with van der Waals surface area (Å²) in [6, 6.07) is 21.5. The number of alkyl halides is 4. The van der Waals surface area contributed by atoms with Crippen molar-refractivity contribution in [1.82, 2.24) is 9.80 Å². The maximum Gasteiger partial charge on any atom is 0.303 e. The molecule has 2 heterocycles. The summed E-state index contributed by atoms with van der Waals surface area (Å²) in [4.78, 5) is 17.6. The molecule has 0 aliphatic carbocycles. The summed E-state index contributed by atoms with van der Waals surface area (Å²) < 4.78 is 67.3. The summed E-state index contributed by atoms with van der Waals surface area (Å²) in [6.07, 6.45) is -1.90. The van der Waals surface area contributed by atoms with E-state index in [0.717, 1.165) is 76.2 Å². The van der Waals surface area contributed by atoms with E-state index in [2.05, 4.69) is 34.4 Å². The molecule has 7 nitrogen and oxygen atoms in total. The molecule has 0 saturated carbocycles. The fourth-order valence-corrected chi connectivity index (χ4v) is 6.81. The topological polar surface area (TPSA) is 82.3 Å². The van der Waals surface area contributed by atoms with Crippen LogP contribution in [0.3, 0.4) is 0 Å². The van der Waals surface area contributed by atoms with Gasteiger partial charge >= 0.3 is 5.97 Å². The summed E-state index contributed by atoms with van der Waals surface area (Å²) in [5.74, 6) is -2.91. The van der Waals surface area contributed by atoms with Crippen LogP contribution >= 0.6 is 9.24 Å². The molecule has 4 aromatic carbocycles. The van der Waals surface area contributed by atoms with Gasteiger partial charge in [0.1, 0.15) is 11.6 Å². The van der Waals surface area contributed by atoms with Crippen LogP contribution in [0.4, 0.5) is 27.6 Å². The van der Waals surface area contributed by atoms with Crippen molar-refractivity contribution >= 4 is 37.4 Å². The third kappa shape index (κ3) is 11.9. The zero-order chi connectivity index (χ0) is 39.6. The number of nitrogens with two attached hydrogens (primary N) is 1. The van der Waals surface area contributed by atoms with Crippen LogP contribution in [-0.4, -0.2) is 86.4 Å². The minimum Gasteiger partial charge on any atom is -0.496 e. The predicted octanol–water partition coefficient (Wildman–Crippen LogP) is 8.66. The number of fused-ring (bicyclic) bond motifs is 1. The van der Waals surface area contributed by atoms with Crippen LogP contribution in [0.1, 0.15) is 41.5 Å². The van der Waals surface area contributed by atoms with E-state index in [1.165, 1.54) is 9.24 Å². The molecule has 2 aliphatic heterocycles. The fourth-order valence-electron chi connectivity index (χ4n) is 6.81. The van der Waals surface area contributed by atoms with E-state index in [1.807, 2.05) is 61.5 Å². The summed E-state index contributed by atoms with van der Waals surface area (Å²) in [6.45, 7) is 10.7. The summed E-state index contributed by atoms with van der Waals surface area (Å²) in [5, 5.41) is 11.1. The number of rotatable bonds is 9. The van der Waals surface area contributed by atoms with Crippen molar-refractivity contribution in [2.45, 2.75) is 51.2 Å². The van der Waals surface area contributed by atoms with Gasteiger partial charge in [0.25, 0.3) is 5.92 Å². The van der Waals surface area contributed by atoms with Gasteiger partial charge in [-0.3, -0.25) is 9.69 Å². The van der Waals surface area contributed by atoms with Crippen LogP contribution in [0.25, 0.3) is 27.6 Å². The van der Waals surface area contributed by atoms with Crippen molar-refractivity contribution in [3.05, 3.63) is 101 Å². The zero-order valence-electron chi connectivity index (χ0n) is 31.1. The molecule has 13 heteroatoms. The van der Waals surface area contributed by atoms with E-state index >= 15 is 0 Å². The fraction of sp³-hybridized carbons (Fsp3) is 0.390. The van der Waals surface area contributed by atoms with Crippen molar-refractivity contribution in [2.75, 3.05) is 58.3 Å². The molecule has 6 rings (SSSR count). The number of likely N-dealkylation sites (N-methyl/N-ethyl adjacent to an activating group) is 1. The van der Waals surface area contributed by atoms with Gasteiger partial charge in [-0.15, -0.1) is 0 Å². The van der Waals surface area contributed by atoms with Crippen LogP contribution in [0.15, 0.2) is 73.3 Å². The Morgan fingerprint density at radius 1 is 0.963 bits per heavy atom. The van der Waals surface area contributed by atoms with Gasteiger partial charge in [0.2, 0.25) is 6.17 Å². The molecule has 0 aromatic heterocycles. The second-order valence-corrected chi connectivity index (χ2v) is 14.2. The van der Waals surface area contributed by atoms with Crippen LogP contribution in [0, 0.1) is 12.7 Å². The van der Waals surface area contributed by atoms with Crippen LogP contribution in [-0.2, 0) is 17.8 Å².